The molecule has 4 nitrogen and oxygen atoms in total. The topological polar surface area (TPSA) is 54.4 Å². The van der Waals surface area contributed by atoms with Crippen molar-refractivity contribution in [2.75, 3.05) is 18.5 Å². The van der Waals surface area contributed by atoms with Crippen molar-refractivity contribution in [3.05, 3.63) is 12.3 Å². The predicted molar refractivity (Wildman–Crippen MR) is 39.9 cm³/mol. The van der Waals surface area contributed by atoms with Crippen LogP contribution in [0, 0.1) is 0 Å². The Morgan fingerprint density at radius 3 is 3.45 bits per heavy atom. The van der Waals surface area contributed by atoms with Gasteiger partial charge in [-0.15, -0.1) is 0 Å². The maximum absolute atomic E-state index is 9.03. The van der Waals surface area contributed by atoms with Crippen molar-refractivity contribution in [1.82, 2.24) is 4.98 Å². The Kier molecular flexibility index (Phi) is 1.31. The molecule has 1 aliphatic heterocycles. The molecule has 0 radical (unpaired) electrons. The molecule has 2 rings (SSSR count). The van der Waals surface area contributed by atoms with E-state index in [0.717, 1.165) is 12.2 Å². The zero-order valence-electron chi connectivity index (χ0n) is 5.87. The molecule has 4 heteroatoms. The molecule has 1 aromatic heterocycles. The first kappa shape index (κ1) is 6.27. The number of hydrogen-bond acceptors (Lipinski definition) is 4. The van der Waals surface area contributed by atoms with Gasteiger partial charge in [0.2, 0.25) is 5.88 Å². The van der Waals surface area contributed by atoms with Gasteiger partial charge in [-0.05, 0) is 0 Å². The van der Waals surface area contributed by atoms with Crippen LogP contribution in [0.2, 0.25) is 0 Å². The van der Waals surface area contributed by atoms with E-state index in [9.17, 15) is 0 Å². The van der Waals surface area contributed by atoms with E-state index in [0.29, 0.717) is 12.5 Å². The van der Waals surface area contributed by atoms with E-state index in [1.807, 2.05) is 0 Å². The molecule has 58 valence electrons. The molecule has 1 aromatic rings. The van der Waals surface area contributed by atoms with Crippen LogP contribution in [-0.2, 0) is 0 Å². The molecule has 11 heavy (non-hydrogen) atoms. The summed E-state index contributed by atoms with van der Waals surface area (Å²) in [6.45, 7) is 1.39. The molecule has 0 saturated heterocycles. The summed E-state index contributed by atoms with van der Waals surface area (Å²) < 4.78 is 5.19. The van der Waals surface area contributed by atoms with Gasteiger partial charge in [0.05, 0.1) is 6.20 Å². The van der Waals surface area contributed by atoms with Crippen LogP contribution in [0.25, 0.3) is 0 Å². The summed E-state index contributed by atoms with van der Waals surface area (Å²) in [6.07, 6.45) is 1.37. The molecule has 0 atom stereocenters. The Balaban J connectivity index is 2.43. The highest BCUT2D eigenvalue weighted by molar-refractivity contribution is 5.56. The second-order valence-corrected chi connectivity index (χ2v) is 2.32. The third-order valence-electron chi connectivity index (χ3n) is 1.49. The standard InChI is InChI=1S/C7H8N2O2/c10-5-3-6-7(9-4-5)11-2-1-8-6/h3-4,8,10H,1-2H2. The number of rotatable bonds is 0. The molecule has 0 bridgehead atoms. The summed E-state index contributed by atoms with van der Waals surface area (Å²) in [4.78, 5) is 3.88. The number of aromatic hydroxyl groups is 1. The Morgan fingerprint density at radius 1 is 1.64 bits per heavy atom. The maximum atomic E-state index is 9.03. The van der Waals surface area contributed by atoms with Crippen LogP contribution in [0.1, 0.15) is 0 Å². The molecule has 0 aliphatic carbocycles. The van der Waals surface area contributed by atoms with E-state index in [1.165, 1.54) is 6.20 Å². The molecule has 2 heterocycles. The Hall–Kier alpha value is -1.45. The highest BCUT2D eigenvalue weighted by atomic mass is 16.5. The molecular weight excluding hydrogens is 144 g/mol. The second kappa shape index (κ2) is 2.30. The lowest BCUT2D eigenvalue weighted by molar-refractivity contribution is 0.309. The number of nitrogens with one attached hydrogen (secondary N) is 1. The van der Waals surface area contributed by atoms with Gasteiger partial charge in [0.15, 0.2) is 0 Å². The van der Waals surface area contributed by atoms with Crippen molar-refractivity contribution in [3.8, 4) is 11.6 Å². The lowest BCUT2D eigenvalue weighted by Gasteiger charge is -2.17. The molecule has 1 aliphatic rings. The zero-order chi connectivity index (χ0) is 7.68. The largest absolute Gasteiger partial charge is 0.506 e. The number of aromatic nitrogens is 1. The minimum Gasteiger partial charge on any atom is -0.506 e. The minimum absolute atomic E-state index is 0.154. The first-order chi connectivity index (χ1) is 5.36. The van der Waals surface area contributed by atoms with Crippen molar-refractivity contribution >= 4 is 5.69 Å². The fourth-order valence-electron chi connectivity index (χ4n) is 1.02. The first-order valence-corrected chi connectivity index (χ1v) is 3.42. The molecule has 0 saturated carbocycles. The van der Waals surface area contributed by atoms with Gasteiger partial charge in [-0.25, -0.2) is 4.98 Å². The van der Waals surface area contributed by atoms with E-state index >= 15 is 0 Å². The fraction of sp³-hybridized carbons (Fsp3) is 0.286. The minimum atomic E-state index is 0.154. The van der Waals surface area contributed by atoms with E-state index in [1.54, 1.807) is 6.07 Å². The van der Waals surface area contributed by atoms with Crippen LogP contribution >= 0.6 is 0 Å². The van der Waals surface area contributed by atoms with Crippen molar-refractivity contribution in [2.24, 2.45) is 0 Å². The molecule has 0 amide bonds. The summed E-state index contributed by atoms with van der Waals surface area (Å²) in [5.41, 5.74) is 0.760. The van der Waals surface area contributed by atoms with Gasteiger partial charge in [-0.2, -0.15) is 0 Å². The van der Waals surface area contributed by atoms with E-state index in [4.69, 9.17) is 9.84 Å². The monoisotopic (exact) mass is 152 g/mol. The number of fused-ring (bicyclic) bond motifs is 1. The van der Waals surface area contributed by atoms with Gasteiger partial charge in [-0.3, -0.25) is 0 Å². The van der Waals surface area contributed by atoms with Crippen molar-refractivity contribution in [3.63, 3.8) is 0 Å². The quantitative estimate of drug-likeness (QED) is 0.571. The van der Waals surface area contributed by atoms with Gasteiger partial charge in [-0.1, -0.05) is 0 Å². The van der Waals surface area contributed by atoms with Crippen molar-refractivity contribution in [1.29, 1.82) is 0 Å². The molecule has 0 aromatic carbocycles. The SMILES string of the molecule is Oc1cnc2c(c1)NCCO2. The van der Waals surface area contributed by atoms with Gasteiger partial charge in [0.25, 0.3) is 0 Å². The number of anilines is 1. The third kappa shape index (κ3) is 1.07. The summed E-state index contributed by atoms with van der Waals surface area (Å²) in [5, 5.41) is 12.1. The van der Waals surface area contributed by atoms with Gasteiger partial charge in [0, 0.05) is 12.6 Å². The Morgan fingerprint density at radius 2 is 2.55 bits per heavy atom. The first-order valence-electron chi connectivity index (χ1n) is 3.42. The zero-order valence-corrected chi connectivity index (χ0v) is 5.87. The lowest BCUT2D eigenvalue weighted by atomic mass is 10.3. The van der Waals surface area contributed by atoms with Crippen LogP contribution in [0.5, 0.6) is 11.6 Å². The van der Waals surface area contributed by atoms with Crippen LogP contribution < -0.4 is 10.1 Å². The summed E-state index contributed by atoms with van der Waals surface area (Å²) in [5.74, 6) is 0.718. The van der Waals surface area contributed by atoms with Crippen molar-refractivity contribution < 1.29 is 9.84 Å². The van der Waals surface area contributed by atoms with Gasteiger partial charge in [0.1, 0.15) is 18.0 Å². The van der Waals surface area contributed by atoms with Crippen LogP contribution in [0.4, 0.5) is 5.69 Å². The smallest absolute Gasteiger partial charge is 0.237 e. The lowest BCUT2D eigenvalue weighted by Crippen LogP contribution is -2.18. The van der Waals surface area contributed by atoms with E-state index < -0.39 is 0 Å². The molecular formula is C7H8N2O2. The number of hydrogen-bond donors (Lipinski definition) is 2. The predicted octanol–water partition coefficient (Wildman–Crippen LogP) is 0.591. The third-order valence-corrected chi connectivity index (χ3v) is 1.49. The van der Waals surface area contributed by atoms with E-state index in [2.05, 4.69) is 10.3 Å². The highest BCUT2D eigenvalue weighted by Crippen LogP contribution is 2.27. The molecule has 0 fully saturated rings. The number of ether oxygens (including phenoxy) is 1. The van der Waals surface area contributed by atoms with Gasteiger partial charge < -0.3 is 15.2 Å². The molecule has 0 unspecified atom stereocenters. The second-order valence-electron chi connectivity index (χ2n) is 2.32. The molecule has 2 N–H and O–H groups in total. The van der Waals surface area contributed by atoms with Crippen molar-refractivity contribution in [2.45, 2.75) is 0 Å². The average Bonchev–Trinajstić information content (AvgIpc) is 2.04. The van der Waals surface area contributed by atoms with Crippen LogP contribution in [0.3, 0.4) is 0 Å². The fourth-order valence-corrected chi connectivity index (χ4v) is 1.02. The van der Waals surface area contributed by atoms with Crippen LogP contribution in [0.15, 0.2) is 12.3 Å². The van der Waals surface area contributed by atoms with Gasteiger partial charge >= 0.3 is 0 Å². The summed E-state index contributed by atoms with van der Waals surface area (Å²) in [6, 6.07) is 1.60. The summed E-state index contributed by atoms with van der Waals surface area (Å²) >= 11 is 0. The molecule has 0 spiro atoms. The van der Waals surface area contributed by atoms with E-state index in [-0.39, 0.29) is 5.75 Å². The Labute approximate surface area is 63.8 Å². The summed E-state index contributed by atoms with van der Waals surface area (Å²) in [7, 11) is 0. The maximum Gasteiger partial charge on any atom is 0.237 e. The highest BCUT2D eigenvalue weighted by Gasteiger charge is 2.10. The normalized spacial score (nSPS) is 14.5. The number of pyridine rings is 1. The van der Waals surface area contributed by atoms with Crippen LogP contribution in [-0.4, -0.2) is 23.2 Å². The number of nitrogens with zero attached hydrogens (tertiary/aromatic N) is 1. The average molecular weight is 152 g/mol. The Bertz CT molecular complexity index is 275.